The number of rotatable bonds is 4. The molecule has 0 aliphatic carbocycles. The van der Waals surface area contributed by atoms with Gasteiger partial charge in [-0.1, -0.05) is 29.3 Å². The Morgan fingerprint density at radius 1 is 1.50 bits per heavy atom. The molecule has 0 aliphatic heterocycles. The minimum absolute atomic E-state index is 0.269. The minimum atomic E-state index is -0.631. The van der Waals surface area contributed by atoms with E-state index >= 15 is 0 Å². The molecule has 0 N–H and O–H groups in total. The van der Waals surface area contributed by atoms with E-state index in [0.29, 0.717) is 10.6 Å². The van der Waals surface area contributed by atoms with Gasteiger partial charge in [-0.2, -0.15) is 0 Å². The monoisotopic (exact) mass is 289 g/mol. The first-order valence-electron chi connectivity index (χ1n) is 4.83. The van der Waals surface area contributed by atoms with Gasteiger partial charge in [0.1, 0.15) is 0 Å². The third-order valence-corrected chi connectivity index (χ3v) is 2.50. The Morgan fingerprint density at radius 2 is 2.17 bits per heavy atom. The van der Waals surface area contributed by atoms with E-state index in [9.17, 15) is 14.9 Å². The lowest BCUT2D eigenvalue weighted by atomic mass is 10.2. The summed E-state index contributed by atoms with van der Waals surface area (Å²) in [5, 5.41) is 11.5. The number of nitrogens with zero attached hydrogens (tertiary/aromatic N) is 1. The van der Waals surface area contributed by atoms with Crippen LogP contribution in [0, 0.1) is 10.1 Å². The van der Waals surface area contributed by atoms with E-state index in [1.807, 2.05) is 0 Å². The molecule has 7 heteroatoms. The van der Waals surface area contributed by atoms with E-state index in [1.54, 1.807) is 12.1 Å². The van der Waals surface area contributed by atoms with Crippen molar-refractivity contribution in [1.29, 1.82) is 0 Å². The van der Waals surface area contributed by atoms with Crippen LogP contribution in [-0.2, 0) is 9.53 Å². The van der Waals surface area contributed by atoms with E-state index < -0.39 is 17.5 Å². The van der Waals surface area contributed by atoms with Gasteiger partial charge in [0, 0.05) is 23.0 Å². The summed E-state index contributed by atoms with van der Waals surface area (Å²) in [6, 6.07) is 4.57. The predicted octanol–water partition coefficient (Wildman–Crippen LogP) is 3.17. The molecule has 0 amide bonds. The van der Waals surface area contributed by atoms with Crippen LogP contribution in [0.1, 0.15) is 12.5 Å². The Hall–Kier alpha value is -1.59. The lowest BCUT2D eigenvalue weighted by Crippen LogP contribution is -2.09. The van der Waals surface area contributed by atoms with Crippen LogP contribution in [0.3, 0.4) is 0 Å². The van der Waals surface area contributed by atoms with Crippen molar-refractivity contribution in [3.05, 3.63) is 49.6 Å². The molecule has 0 fully saturated rings. The van der Waals surface area contributed by atoms with Gasteiger partial charge in [-0.3, -0.25) is 14.9 Å². The van der Waals surface area contributed by atoms with Crippen LogP contribution in [0.5, 0.6) is 0 Å². The molecular formula is C11H9Cl2NO4. The van der Waals surface area contributed by atoms with Gasteiger partial charge in [-0.05, 0) is 17.7 Å². The van der Waals surface area contributed by atoms with Crippen molar-refractivity contribution in [3.8, 4) is 0 Å². The SMILES string of the molecule is CC(=O)OCC(=Cc1ccc(Cl)cc1Cl)[N+](=O)[O-]. The maximum Gasteiger partial charge on any atom is 0.303 e. The number of carbonyl (C=O) groups excluding carboxylic acids is 1. The highest BCUT2D eigenvalue weighted by Crippen LogP contribution is 2.23. The van der Waals surface area contributed by atoms with Crippen molar-refractivity contribution in [2.24, 2.45) is 0 Å². The van der Waals surface area contributed by atoms with E-state index in [0.717, 1.165) is 0 Å². The lowest BCUT2D eigenvalue weighted by molar-refractivity contribution is -0.428. The first kappa shape index (κ1) is 14.5. The second-order valence-corrected chi connectivity index (χ2v) is 4.18. The summed E-state index contributed by atoms with van der Waals surface area (Å²) in [4.78, 5) is 20.8. The zero-order valence-electron chi connectivity index (χ0n) is 9.35. The second kappa shape index (κ2) is 6.37. The molecular weight excluding hydrogens is 281 g/mol. The van der Waals surface area contributed by atoms with Gasteiger partial charge in [0.25, 0.3) is 5.70 Å². The van der Waals surface area contributed by atoms with Crippen molar-refractivity contribution in [2.75, 3.05) is 6.61 Å². The molecule has 0 unspecified atom stereocenters. The normalized spacial score (nSPS) is 11.2. The molecule has 1 rings (SSSR count). The van der Waals surface area contributed by atoms with E-state index in [-0.39, 0.29) is 10.7 Å². The standard InChI is InChI=1S/C11H9Cl2NO4/c1-7(15)18-6-10(14(16)17)4-8-2-3-9(12)5-11(8)13/h2-5H,6H2,1H3. The first-order chi connectivity index (χ1) is 8.40. The second-order valence-electron chi connectivity index (χ2n) is 3.34. The molecule has 0 saturated carbocycles. The number of ether oxygens (including phenoxy) is 1. The van der Waals surface area contributed by atoms with E-state index in [1.165, 1.54) is 19.1 Å². The van der Waals surface area contributed by atoms with Crippen molar-refractivity contribution in [3.63, 3.8) is 0 Å². The summed E-state index contributed by atoms with van der Waals surface area (Å²) in [6.45, 7) is 0.758. The summed E-state index contributed by atoms with van der Waals surface area (Å²) in [5.41, 5.74) is 0.161. The molecule has 0 spiro atoms. The number of esters is 1. The summed E-state index contributed by atoms with van der Waals surface area (Å²) in [6.07, 6.45) is 1.24. The average molecular weight is 290 g/mol. The van der Waals surface area contributed by atoms with Gasteiger partial charge in [0.05, 0.1) is 4.92 Å². The third-order valence-electron chi connectivity index (χ3n) is 1.94. The zero-order valence-corrected chi connectivity index (χ0v) is 10.9. The Kier molecular flexibility index (Phi) is 5.12. The van der Waals surface area contributed by atoms with Gasteiger partial charge in [0.15, 0.2) is 6.61 Å². The Labute approximate surface area is 113 Å². The lowest BCUT2D eigenvalue weighted by Gasteiger charge is -2.02. The first-order valence-corrected chi connectivity index (χ1v) is 5.59. The van der Waals surface area contributed by atoms with Crippen LogP contribution >= 0.6 is 23.2 Å². The van der Waals surface area contributed by atoms with Crippen LogP contribution < -0.4 is 0 Å². The molecule has 5 nitrogen and oxygen atoms in total. The van der Waals surface area contributed by atoms with Crippen LogP contribution in [0.15, 0.2) is 23.9 Å². The van der Waals surface area contributed by atoms with Crippen molar-refractivity contribution in [2.45, 2.75) is 6.92 Å². The molecule has 96 valence electrons. The molecule has 1 aromatic rings. The smallest absolute Gasteiger partial charge is 0.303 e. The molecule has 0 bridgehead atoms. The molecule has 0 heterocycles. The molecule has 0 aromatic heterocycles. The number of hydrogen-bond acceptors (Lipinski definition) is 4. The highest BCUT2D eigenvalue weighted by atomic mass is 35.5. The molecule has 0 atom stereocenters. The van der Waals surface area contributed by atoms with Gasteiger partial charge in [-0.25, -0.2) is 0 Å². The minimum Gasteiger partial charge on any atom is -0.454 e. The largest absolute Gasteiger partial charge is 0.454 e. The Bertz CT molecular complexity index is 514. The van der Waals surface area contributed by atoms with Crippen LogP contribution in [0.2, 0.25) is 10.0 Å². The Balaban J connectivity index is 3.00. The predicted molar refractivity (Wildman–Crippen MR) is 68.1 cm³/mol. The average Bonchev–Trinajstić information content (AvgIpc) is 2.26. The fourth-order valence-electron chi connectivity index (χ4n) is 1.12. The number of benzene rings is 1. The van der Waals surface area contributed by atoms with Crippen LogP contribution in [-0.4, -0.2) is 17.5 Å². The van der Waals surface area contributed by atoms with E-state index in [2.05, 4.69) is 4.74 Å². The summed E-state index contributed by atoms with van der Waals surface area (Å²) in [5.74, 6) is -0.593. The van der Waals surface area contributed by atoms with Gasteiger partial charge < -0.3 is 4.74 Å². The molecule has 0 aliphatic rings. The van der Waals surface area contributed by atoms with Gasteiger partial charge >= 0.3 is 5.97 Å². The van der Waals surface area contributed by atoms with Crippen LogP contribution in [0.25, 0.3) is 6.08 Å². The molecule has 0 saturated heterocycles. The van der Waals surface area contributed by atoms with Gasteiger partial charge in [-0.15, -0.1) is 0 Å². The number of carbonyl (C=O) groups is 1. The topological polar surface area (TPSA) is 69.4 Å². The fraction of sp³-hybridized carbons (Fsp3) is 0.182. The van der Waals surface area contributed by atoms with Crippen molar-refractivity contribution < 1.29 is 14.5 Å². The maximum absolute atomic E-state index is 10.8. The third kappa shape index (κ3) is 4.35. The van der Waals surface area contributed by atoms with Gasteiger partial charge in [0.2, 0.25) is 0 Å². The summed E-state index contributed by atoms with van der Waals surface area (Å²) >= 11 is 11.6. The van der Waals surface area contributed by atoms with Crippen molar-refractivity contribution >= 4 is 35.2 Å². The number of nitro groups is 1. The zero-order chi connectivity index (χ0) is 13.7. The van der Waals surface area contributed by atoms with Crippen LogP contribution in [0.4, 0.5) is 0 Å². The maximum atomic E-state index is 10.8. The molecule has 18 heavy (non-hydrogen) atoms. The Morgan fingerprint density at radius 3 is 2.67 bits per heavy atom. The summed E-state index contributed by atoms with van der Waals surface area (Å²) < 4.78 is 4.58. The molecule has 1 aromatic carbocycles. The number of halogens is 2. The molecule has 0 radical (unpaired) electrons. The summed E-state index contributed by atoms with van der Waals surface area (Å²) in [7, 11) is 0. The highest BCUT2D eigenvalue weighted by Gasteiger charge is 2.14. The van der Waals surface area contributed by atoms with Crippen molar-refractivity contribution in [1.82, 2.24) is 0 Å². The highest BCUT2D eigenvalue weighted by molar-refractivity contribution is 6.35. The number of hydrogen-bond donors (Lipinski definition) is 0. The van der Waals surface area contributed by atoms with E-state index in [4.69, 9.17) is 23.2 Å². The quantitative estimate of drug-likeness (QED) is 0.485. The fourth-order valence-corrected chi connectivity index (χ4v) is 1.58.